The molecule has 0 fully saturated rings. The summed E-state index contributed by atoms with van der Waals surface area (Å²) in [6.45, 7) is 6.32. The molecule has 20 heavy (non-hydrogen) atoms. The van der Waals surface area contributed by atoms with E-state index in [4.69, 9.17) is 16.3 Å². The molecule has 0 aliphatic carbocycles. The Kier molecular flexibility index (Phi) is 5.11. The van der Waals surface area contributed by atoms with E-state index in [9.17, 15) is 14.0 Å². The number of benzene rings is 1. The van der Waals surface area contributed by atoms with Crippen LogP contribution in [-0.4, -0.2) is 17.5 Å². The average molecular weight is 302 g/mol. The first-order chi connectivity index (χ1) is 9.11. The zero-order valence-electron chi connectivity index (χ0n) is 11.8. The number of hydrogen-bond acceptors (Lipinski definition) is 3. The van der Waals surface area contributed by atoms with Crippen LogP contribution in [0.1, 0.15) is 39.3 Å². The van der Waals surface area contributed by atoms with Crippen molar-refractivity contribution in [3.8, 4) is 0 Å². The van der Waals surface area contributed by atoms with E-state index < -0.39 is 29.3 Å². The Balaban J connectivity index is 2.99. The van der Waals surface area contributed by atoms with E-state index in [0.29, 0.717) is 0 Å². The molecule has 6 heteroatoms. The van der Waals surface area contributed by atoms with Crippen LogP contribution in [0.2, 0.25) is 5.02 Å². The summed E-state index contributed by atoms with van der Waals surface area (Å²) in [7, 11) is 0. The molecule has 0 aliphatic heterocycles. The van der Waals surface area contributed by atoms with Gasteiger partial charge < -0.3 is 10.1 Å². The summed E-state index contributed by atoms with van der Waals surface area (Å²) >= 11 is 5.68. The maximum absolute atomic E-state index is 13.9. The number of carbonyl (C=O) groups is 2. The third kappa shape index (κ3) is 4.49. The summed E-state index contributed by atoms with van der Waals surface area (Å²) in [5.74, 6) is -1.15. The zero-order valence-corrected chi connectivity index (χ0v) is 12.5. The Labute approximate surface area is 122 Å². The predicted octanol–water partition coefficient (Wildman–Crippen LogP) is 3.63. The maximum atomic E-state index is 13.9. The van der Waals surface area contributed by atoms with Gasteiger partial charge in [0.15, 0.2) is 5.78 Å². The number of halogens is 2. The van der Waals surface area contributed by atoms with Crippen molar-refractivity contribution >= 4 is 23.5 Å². The topological polar surface area (TPSA) is 55.4 Å². The van der Waals surface area contributed by atoms with Gasteiger partial charge in [0, 0.05) is 5.56 Å². The fraction of sp³-hybridized carbons (Fsp3) is 0.429. The molecular formula is C14H17ClFNO3. The number of ether oxygens (including phenoxy) is 1. The van der Waals surface area contributed by atoms with Crippen LogP contribution in [-0.2, 0) is 9.53 Å². The van der Waals surface area contributed by atoms with E-state index in [2.05, 4.69) is 5.32 Å². The fourth-order valence-corrected chi connectivity index (χ4v) is 1.75. The second kappa shape index (κ2) is 6.22. The van der Waals surface area contributed by atoms with Crippen molar-refractivity contribution in [2.45, 2.75) is 39.3 Å². The van der Waals surface area contributed by atoms with Gasteiger partial charge in [-0.05, 0) is 33.8 Å². The maximum Gasteiger partial charge on any atom is 0.408 e. The lowest BCUT2D eigenvalue weighted by molar-refractivity contribution is -0.119. The minimum absolute atomic E-state index is 0.0101. The third-order valence-corrected chi connectivity index (χ3v) is 2.65. The molecule has 4 nitrogen and oxygen atoms in total. The number of ketones is 1. The molecular weight excluding hydrogens is 285 g/mol. The van der Waals surface area contributed by atoms with Crippen molar-refractivity contribution in [2.24, 2.45) is 0 Å². The fourth-order valence-electron chi connectivity index (χ4n) is 1.57. The van der Waals surface area contributed by atoms with Gasteiger partial charge in [-0.1, -0.05) is 23.7 Å². The summed E-state index contributed by atoms with van der Waals surface area (Å²) < 4.78 is 19.0. The minimum Gasteiger partial charge on any atom is -0.444 e. The van der Waals surface area contributed by atoms with Gasteiger partial charge in [0.25, 0.3) is 0 Å². The Morgan fingerprint density at radius 2 is 1.95 bits per heavy atom. The molecule has 0 saturated heterocycles. The van der Waals surface area contributed by atoms with Crippen LogP contribution in [0.3, 0.4) is 0 Å². The highest BCUT2D eigenvalue weighted by Gasteiger charge is 2.26. The van der Waals surface area contributed by atoms with Crippen molar-refractivity contribution in [1.82, 2.24) is 5.32 Å². The largest absolute Gasteiger partial charge is 0.444 e. The number of alkyl carbamates (subject to hydrolysis) is 1. The van der Waals surface area contributed by atoms with E-state index in [0.717, 1.165) is 0 Å². The van der Waals surface area contributed by atoms with Gasteiger partial charge in [-0.2, -0.15) is 0 Å². The monoisotopic (exact) mass is 301 g/mol. The molecule has 0 bridgehead atoms. The smallest absolute Gasteiger partial charge is 0.408 e. The first kappa shape index (κ1) is 16.4. The highest BCUT2D eigenvalue weighted by Crippen LogP contribution is 2.24. The van der Waals surface area contributed by atoms with E-state index >= 15 is 0 Å². The first-order valence-electron chi connectivity index (χ1n) is 6.05. The predicted molar refractivity (Wildman–Crippen MR) is 74.2 cm³/mol. The standard InChI is InChI=1S/C14H17ClFNO3/c1-8(18)12(17-13(19)20-14(2,3)4)9-6-5-7-10(15)11(9)16/h5-7,12H,1-4H3,(H,17,19). The van der Waals surface area contributed by atoms with Gasteiger partial charge in [-0.25, -0.2) is 9.18 Å². The van der Waals surface area contributed by atoms with Crippen molar-refractivity contribution in [3.63, 3.8) is 0 Å². The Hall–Kier alpha value is -1.62. The molecule has 0 radical (unpaired) electrons. The zero-order chi connectivity index (χ0) is 15.5. The van der Waals surface area contributed by atoms with Crippen molar-refractivity contribution in [2.75, 3.05) is 0 Å². The van der Waals surface area contributed by atoms with Gasteiger partial charge in [0.1, 0.15) is 17.5 Å². The van der Waals surface area contributed by atoms with E-state index in [1.165, 1.54) is 25.1 Å². The highest BCUT2D eigenvalue weighted by molar-refractivity contribution is 6.30. The van der Waals surface area contributed by atoms with Crippen LogP contribution in [0.25, 0.3) is 0 Å². The molecule has 1 rings (SSSR count). The van der Waals surface area contributed by atoms with Gasteiger partial charge in [0.2, 0.25) is 0 Å². The number of amides is 1. The van der Waals surface area contributed by atoms with Gasteiger partial charge >= 0.3 is 6.09 Å². The van der Waals surface area contributed by atoms with Gasteiger partial charge in [-0.15, -0.1) is 0 Å². The summed E-state index contributed by atoms with van der Waals surface area (Å²) in [4.78, 5) is 23.3. The molecule has 0 heterocycles. The summed E-state index contributed by atoms with van der Waals surface area (Å²) in [5.41, 5.74) is -0.700. The van der Waals surface area contributed by atoms with Gasteiger partial charge in [-0.3, -0.25) is 4.79 Å². The van der Waals surface area contributed by atoms with E-state index in [1.54, 1.807) is 20.8 Å². The molecule has 110 valence electrons. The van der Waals surface area contributed by atoms with Crippen LogP contribution in [0.15, 0.2) is 18.2 Å². The number of rotatable bonds is 3. The van der Waals surface area contributed by atoms with Crippen molar-refractivity contribution < 1.29 is 18.7 Å². The molecule has 1 aromatic rings. The lowest BCUT2D eigenvalue weighted by Crippen LogP contribution is -2.37. The SMILES string of the molecule is CC(=O)C(NC(=O)OC(C)(C)C)c1cccc(Cl)c1F. The molecule has 1 N–H and O–H groups in total. The Morgan fingerprint density at radius 3 is 2.45 bits per heavy atom. The van der Waals surface area contributed by atoms with Crippen LogP contribution >= 0.6 is 11.6 Å². The first-order valence-corrected chi connectivity index (χ1v) is 6.43. The molecule has 0 spiro atoms. The van der Waals surface area contributed by atoms with Crippen LogP contribution in [0.4, 0.5) is 9.18 Å². The quantitative estimate of drug-likeness (QED) is 0.927. The number of Topliss-reactive ketones (excluding diaryl/α,β-unsaturated/α-hetero) is 1. The lowest BCUT2D eigenvalue weighted by atomic mass is 10.0. The van der Waals surface area contributed by atoms with Crippen LogP contribution in [0, 0.1) is 5.82 Å². The van der Waals surface area contributed by atoms with Crippen molar-refractivity contribution in [1.29, 1.82) is 0 Å². The number of carbonyl (C=O) groups excluding carboxylic acids is 2. The molecule has 1 aromatic carbocycles. The number of hydrogen-bond donors (Lipinski definition) is 1. The second-order valence-corrected chi connectivity index (χ2v) is 5.74. The average Bonchev–Trinajstić information content (AvgIpc) is 2.27. The third-order valence-electron chi connectivity index (χ3n) is 2.36. The molecule has 0 aliphatic rings. The lowest BCUT2D eigenvalue weighted by Gasteiger charge is -2.23. The highest BCUT2D eigenvalue weighted by atomic mass is 35.5. The minimum atomic E-state index is -1.14. The summed E-state index contributed by atoms with van der Waals surface area (Å²) in [6, 6.07) is 3.13. The summed E-state index contributed by atoms with van der Waals surface area (Å²) in [5, 5.41) is 2.24. The molecule has 0 aromatic heterocycles. The molecule has 0 saturated carbocycles. The molecule has 1 unspecified atom stereocenters. The molecule has 1 atom stereocenters. The summed E-state index contributed by atoms with van der Waals surface area (Å²) in [6.07, 6.45) is -0.794. The van der Waals surface area contributed by atoms with E-state index in [1.807, 2.05) is 0 Å². The normalized spacial score (nSPS) is 12.7. The molecule has 1 amide bonds. The van der Waals surface area contributed by atoms with Crippen LogP contribution < -0.4 is 5.32 Å². The van der Waals surface area contributed by atoms with Gasteiger partial charge in [0.05, 0.1) is 5.02 Å². The Morgan fingerprint density at radius 1 is 1.35 bits per heavy atom. The van der Waals surface area contributed by atoms with Crippen LogP contribution in [0.5, 0.6) is 0 Å². The van der Waals surface area contributed by atoms with E-state index in [-0.39, 0.29) is 10.6 Å². The van der Waals surface area contributed by atoms with Crippen molar-refractivity contribution in [3.05, 3.63) is 34.6 Å². The Bertz CT molecular complexity index is 526. The second-order valence-electron chi connectivity index (χ2n) is 5.33. The number of nitrogens with one attached hydrogen (secondary N) is 1.